The zero-order chi connectivity index (χ0) is 18.4. The van der Waals surface area contributed by atoms with Gasteiger partial charge in [0, 0.05) is 10.00 Å². The number of unbranched alkanes of at least 4 members (excludes halogenated alkanes) is 6. The highest BCUT2D eigenvalue weighted by Gasteiger charge is 2.26. The van der Waals surface area contributed by atoms with Crippen molar-refractivity contribution in [3.8, 4) is 0 Å². The summed E-state index contributed by atoms with van der Waals surface area (Å²) in [5, 5.41) is 0.581. The Kier molecular flexibility index (Phi) is 16.2. The third-order valence-electron chi connectivity index (χ3n) is 4.21. The maximum absolute atomic E-state index is 6.18. The first-order chi connectivity index (χ1) is 11.3. The van der Waals surface area contributed by atoms with Crippen LogP contribution >= 0.6 is 44.8 Å². The molecule has 0 aromatic heterocycles. The predicted octanol–water partition coefficient (Wildman–Crippen LogP) is 9.29. The molecular weight excluding hydrogens is 375 g/mol. The average molecular weight is 416 g/mol. The van der Waals surface area contributed by atoms with Gasteiger partial charge in [-0.2, -0.15) is 0 Å². The van der Waals surface area contributed by atoms with Crippen molar-refractivity contribution in [2.24, 2.45) is 5.92 Å². The van der Waals surface area contributed by atoms with Gasteiger partial charge in [-0.3, -0.25) is 0 Å². The zero-order valence-corrected chi connectivity index (χ0v) is 19.7. The van der Waals surface area contributed by atoms with E-state index >= 15 is 0 Å². The zero-order valence-electron chi connectivity index (χ0n) is 16.6. The van der Waals surface area contributed by atoms with E-state index in [1.807, 2.05) is 21.6 Å². The molecule has 0 fully saturated rings. The summed E-state index contributed by atoms with van der Waals surface area (Å²) in [6, 6.07) is 0. The molecule has 1 atom stereocenters. The summed E-state index contributed by atoms with van der Waals surface area (Å²) >= 11 is 12.4. The molecule has 0 amide bonds. The first-order valence-electron chi connectivity index (χ1n) is 9.92. The van der Waals surface area contributed by atoms with Gasteiger partial charge in [-0.15, -0.1) is 23.2 Å². The van der Waals surface area contributed by atoms with E-state index in [4.69, 9.17) is 23.2 Å². The van der Waals surface area contributed by atoms with Gasteiger partial charge >= 0.3 is 0 Å². The lowest BCUT2D eigenvalue weighted by Gasteiger charge is -2.29. The molecule has 0 saturated heterocycles. The van der Waals surface area contributed by atoms with Crippen molar-refractivity contribution in [1.29, 1.82) is 0 Å². The molecule has 0 aromatic carbocycles. The summed E-state index contributed by atoms with van der Waals surface area (Å²) in [6.45, 7) is 11.4. The molecule has 146 valence electrons. The molecule has 1 unspecified atom stereocenters. The van der Waals surface area contributed by atoms with E-state index in [1.165, 1.54) is 64.2 Å². The monoisotopic (exact) mass is 414 g/mol. The highest BCUT2D eigenvalue weighted by molar-refractivity contribution is 8.77. The molecule has 0 heterocycles. The molecule has 0 bridgehead atoms. The van der Waals surface area contributed by atoms with Crippen LogP contribution in [0.1, 0.15) is 105 Å². The van der Waals surface area contributed by atoms with Crippen molar-refractivity contribution >= 4 is 44.8 Å². The first-order valence-corrected chi connectivity index (χ1v) is 13.0. The lowest BCUT2D eigenvalue weighted by Crippen LogP contribution is -2.21. The van der Waals surface area contributed by atoms with Crippen LogP contribution < -0.4 is 0 Å². The molecule has 24 heavy (non-hydrogen) atoms. The molecule has 0 spiro atoms. The highest BCUT2D eigenvalue weighted by atomic mass is 35.5. The fraction of sp³-hybridized carbons (Fsp3) is 1.00. The number of hydrogen-bond acceptors (Lipinski definition) is 2. The van der Waals surface area contributed by atoms with Crippen LogP contribution in [0.5, 0.6) is 0 Å². The minimum atomic E-state index is -0.239. The molecule has 0 aliphatic carbocycles. The van der Waals surface area contributed by atoms with Crippen molar-refractivity contribution in [2.45, 2.75) is 120 Å². The molecule has 0 N–H and O–H groups in total. The Morgan fingerprint density at radius 3 is 1.67 bits per heavy atom. The van der Waals surface area contributed by atoms with Crippen LogP contribution in [0.2, 0.25) is 0 Å². The molecule has 0 radical (unpaired) electrons. The second-order valence-corrected chi connectivity index (χ2v) is 12.5. The van der Waals surface area contributed by atoms with E-state index in [-0.39, 0.29) is 9.58 Å². The Morgan fingerprint density at radius 2 is 1.29 bits per heavy atom. The van der Waals surface area contributed by atoms with E-state index in [0.29, 0.717) is 5.25 Å². The smallest absolute Gasteiger partial charge is 0.105 e. The third kappa shape index (κ3) is 15.5. The van der Waals surface area contributed by atoms with Crippen LogP contribution in [0.4, 0.5) is 0 Å². The largest absolute Gasteiger partial charge is 0.108 e. The minimum Gasteiger partial charge on any atom is -0.105 e. The Labute approximate surface area is 170 Å². The molecule has 0 saturated carbocycles. The Hall–Kier alpha value is 1.28. The van der Waals surface area contributed by atoms with Crippen LogP contribution in [0.3, 0.4) is 0 Å². The van der Waals surface area contributed by atoms with Gasteiger partial charge in [-0.1, -0.05) is 108 Å². The molecule has 0 aliphatic heterocycles. The van der Waals surface area contributed by atoms with Crippen molar-refractivity contribution in [3.05, 3.63) is 0 Å². The molecule has 0 aromatic rings. The maximum Gasteiger partial charge on any atom is 0.108 e. The lowest BCUT2D eigenvalue weighted by atomic mass is 9.90. The van der Waals surface area contributed by atoms with Gasteiger partial charge in [-0.05, 0) is 25.2 Å². The fourth-order valence-corrected chi connectivity index (χ4v) is 6.53. The van der Waals surface area contributed by atoms with Crippen LogP contribution in [-0.4, -0.2) is 14.8 Å². The van der Waals surface area contributed by atoms with Crippen molar-refractivity contribution in [1.82, 2.24) is 0 Å². The standard InChI is InChI=1S/C20H40Cl2S2/c1-6-8-10-12-14-17(15-13-11-9-7-2)18(16-19(21)22)23-24-20(3,4)5/h17-19H,6-16H2,1-5H3. The van der Waals surface area contributed by atoms with Crippen LogP contribution in [0, 0.1) is 5.92 Å². The number of halogens is 2. The molecular formula is C20H40Cl2S2. The second-order valence-electron chi connectivity index (χ2n) is 7.92. The number of rotatable bonds is 15. The van der Waals surface area contributed by atoms with E-state index in [2.05, 4.69) is 34.6 Å². The van der Waals surface area contributed by atoms with Crippen LogP contribution in [0.15, 0.2) is 0 Å². The van der Waals surface area contributed by atoms with E-state index in [1.54, 1.807) is 0 Å². The molecule has 0 rings (SSSR count). The van der Waals surface area contributed by atoms with Crippen molar-refractivity contribution < 1.29 is 0 Å². The normalized spacial score (nSPS) is 13.9. The van der Waals surface area contributed by atoms with Gasteiger partial charge in [-0.25, -0.2) is 0 Å². The van der Waals surface area contributed by atoms with Gasteiger partial charge in [0.1, 0.15) is 4.84 Å². The predicted molar refractivity (Wildman–Crippen MR) is 120 cm³/mol. The first kappa shape index (κ1) is 25.3. The lowest BCUT2D eigenvalue weighted by molar-refractivity contribution is 0.388. The van der Waals surface area contributed by atoms with Crippen molar-refractivity contribution in [2.75, 3.05) is 0 Å². The summed E-state index contributed by atoms with van der Waals surface area (Å²) in [5.41, 5.74) is 0. The van der Waals surface area contributed by atoms with Gasteiger partial charge in [0.25, 0.3) is 0 Å². The minimum absolute atomic E-state index is 0.239. The highest BCUT2D eigenvalue weighted by Crippen LogP contribution is 2.44. The Morgan fingerprint density at radius 1 is 0.792 bits per heavy atom. The van der Waals surface area contributed by atoms with Crippen molar-refractivity contribution in [3.63, 3.8) is 0 Å². The van der Waals surface area contributed by atoms with Gasteiger partial charge in [0.2, 0.25) is 0 Å². The van der Waals surface area contributed by atoms with Gasteiger partial charge < -0.3 is 0 Å². The number of hydrogen-bond donors (Lipinski definition) is 0. The number of alkyl halides is 2. The SMILES string of the molecule is CCCCCCC(CCCCCC)C(CC(Cl)Cl)SSC(C)(C)C. The second kappa shape index (κ2) is 15.3. The summed E-state index contributed by atoms with van der Waals surface area (Å²) in [4.78, 5) is -0.239. The van der Waals surface area contributed by atoms with Crippen LogP contribution in [0.25, 0.3) is 0 Å². The Bertz CT molecular complexity index is 265. The van der Waals surface area contributed by atoms with Crippen LogP contribution in [-0.2, 0) is 0 Å². The fourth-order valence-electron chi connectivity index (χ4n) is 2.87. The van der Waals surface area contributed by atoms with Gasteiger partial charge in [0.15, 0.2) is 0 Å². The molecule has 4 heteroatoms. The summed E-state index contributed by atoms with van der Waals surface area (Å²) in [7, 11) is 4.04. The summed E-state index contributed by atoms with van der Waals surface area (Å²) in [5.74, 6) is 0.763. The Balaban J connectivity index is 4.66. The van der Waals surface area contributed by atoms with E-state index in [9.17, 15) is 0 Å². The van der Waals surface area contributed by atoms with E-state index in [0.717, 1.165) is 12.3 Å². The molecule has 0 nitrogen and oxygen atoms in total. The topological polar surface area (TPSA) is 0 Å². The summed E-state index contributed by atoms with van der Waals surface area (Å²) < 4.78 is 0.284. The van der Waals surface area contributed by atoms with Gasteiger partial charge in [0.05, 0.1) is 0 Å². The summed E-state index contributed by atoms with van der Waals surface area (Å²) in [6.07, 6.45) is 14.4. The maximum atomic E-state index is 6.18. The van der Waals surface area contributed by atoms with E-state index < -0.39 is 0 Å². The average Bonchev–Trinajstić information content (AvgIpc) is 2.49. The molecule has 0 aliphatic rings. The third-order valence-corrected chi connectivity index (χ3v) is 8.52. The quantitative estimate of drug-likeness (QED) is 0.148.